The molecule has 32 heavy (non-hydrogen) atoms. The highest BCUT2D eigenvalue weighted by atomic mass is 35.5. The van der Waals surface area contributed by atoms with Crippen molar-refractivity contribution >= 4 is 18.1 Å². The van der Waals surface area contributed by atoms with E-state index in [-0.39, 0.29) is 18.4 Å². The molecule has 5 heteroatoms. The van der Waals surface area contributed by atoms with E-state index in [0.717, 1.165) is 62.5 Å². The zero-order chi connectivity index (χ0) is 21.9. The van der Waals surface area contributed by atoms with Crippen molar-refractivity contribution in [3.05, 3.63) is 65.7 Å². The first-order chi connectivity index (χ1) is 15.2. The number of nitrogens with zero attached hydrogens (tertiary/aromatic N) is 1. The van der Waals surface area contributed by atoms with E-state index in [2.05, 4.69) is 71.7 Å². The molecule has 1 aliphatic rings. The molecule has 1 heterocycles. The summed E-state index contributed by atoms with van der Waals surface area (Å²) >= 11 is 0. The average molecular weight is 461 g/mol. The Labute approximate surface area is 200 Å². The van der Waals surface area contributed by atoms with Gasteiger partial charge in [0.1, 0.15) is 0 Å². The largest absolute Gasteiger partial charge is 0.396 e. The Hall–Kier alpha value is -1.59. The molecule has 0 aliphatic carbocycles. The lowest BCUT2D eigenvalue weighted by Crippen LogP contribution is -2.43. The third kappa shape index (κ3) is 8.40. The summed E-state index contributed by atoms with van der Waals surface area (Å²) in [5, 5.41) is 23.2. The second kappa shape index (κ2) is 14.5. The summed E-state index contributed by atoms with van der Waals surface area (Å²) in [5.41, 5.74) is 3.53. The molecule has 4 nitrogen and oxygen atoms in total. The second-order valence-corrected chi connectivity index (χ2v) is 9.04. The first kappa shape index (κ1) is 26.7. The van der Waals surface area contributed by atoms with Gasteiger partial charge in [-0.25, -0.2) is 0 Å². The van der Waals surface area contributed by atoms with E-state index in [1.165, 1.54) is 24.8 Å². The SMILES string of the molecule is C[C@H]([C@H](O)c1ccc(NCCCCCCO)cc1)N1CCC(Cc2ccccc2)CC1.Cl. The molecule has 1 aliphatic heterocycles. The number of aliphatic hydroxyl groups excluding tert-OH is 2. The summed E-state index contributed by atoms with van der Waals surface area (Å²) in [7, 11) is 0. The normalized spacial score (nSPS) is 16.8. The fourth-order valence-corrected chi connectivity index (χ4v) is 4.61. The van der Waals surface area contributed by atoms with E-state index in [4.69, 9.17) is 5.11 Å². The molecule has 0 bridgehead atoms. The van der Waals surface area contributed by atoms with E-state index in [1.807, 2.05) is 0 Å². The Kier molecular flexibility index (Phi) is 12.1. The summed E-state index contributed by atoms with van der Waals surface area (Å²) in [6.07, 6.45) is 7.35. The van der Waals surface area contributed by atoms with Gasteiger partial charge in [-0.05, 0) is 81.3 Å². The first-order valence-electron chi connectivity index (χ1n) is 12.1. The van der Waals surface area contributed by atoms with Gasteiger partial charge in [0.15, 0.2) is 0 Å². The predicted molar refractivity (Wildman–Crippen MR) is 137 cm³/mol. The molecule has 1 fully saturated rings. The van der Waals surface area contributed by atoms with Gasteiger partial charge in [-0.15, -0.1) is 12.4 Å². The van der Waals surface area contributed by atoms with Gasteiger partial charge in [0.05, 0.1) is 6.10 Å². The van der Waals surface area contributed by atoms with E-state index < -0.39 is 6.10 Å². The Bertz CT molecular complexity index is 733. The highest BCUT2D eigenvalue weighted by Crippen LogP contribution is 2.28. The van der Waals surface area contributed by atoms with Crippen molar-refractivity contribution in [1.82, 2.24) is 4.90 Å². The van der Waals surface area contributed by atoms with Gasteiger partial charge >= 0.3 is 0 Å². The van der Waals surface area contributed by atoms with Gasteiger partial charge in [0, 0.05) is 24.9 Å². The minimum Gasteiger partial charge on any atom is -0.396 e. The fraction of sp³-hybridized carbons (Fsp3) is 0.556. The molecule has 0 saturated carbocycles. The number of benzene rings is 2. The van der Waals surface area contributed by atoms with E-state index in [0.29, 0.717) is 6.61 Å². The van der Waals surface area contributed by atoms with Gasteiger partial charge in [0.2, 0.25) is 0 Å². The van der Waals surface area contributed by atoms with Crippen molar-refractivity contribution in [2.75, 3.05) is 31.6 Å². The summed E-state index contributed by atoms with van der Waals surface area (Å²) < 4.78 is 0. The number of hydrogen-bond donors (Lipinski definition) is 3. The van der Waals surface area contributed by atoms with Gasteiger partial charge < -0.3 is 15.5 Å². The van der Waals surface area contributed by atoms with Crippen LogP contribution in [0.1, 0.15) is 62.7 Å². The first-order valence-corrected chi connectivity index (χ1v) is 12.1. The molecule has 3 N–H and O–H groups in total. The second-order valence-electron chi connectivity index (χ2n) is 9.04. The van der Waals surface area contributed by atoms with Crippen LogP contribution in [0.25, 0.3) is 0 Å². The number of likely N-dealkylation sites (tertiary alicyclic amines) is 1. The third-order valence-electron chi connectivity index (χ3n) is 6.72. The maximum absolute atomic E-state index is 10.9. The molecular formula is C27H41ClN2O2. The number of rotatable bonds is 12. The molecule has 0 amide bonds. The zero-order valence-electron chi connectivity index (χ0n) is 19.5. The van der Waals surface area contributed by atoms with Crippen LogP contribution in [0.2, 0.25) is 0 Å². The predicted octanol–water partition coefficient (Wildman–Crippen LogP) is 5.45. The molecule has 0 radical (unpaired) electrons. The van der Waals surface area contributed by atoms with Gasteiger partial charge in [-0.1, -0.05) is 55.3 Å². The Morgan fingerprint density at radius 3 is 2.25 bits per heavy atom. The van der Waals surface area contributed by atoms with Crippen LogP contribution in [0, 0.1) is 5.92 Å². The van der Waals surface area contributed by atoms with Crippen molar-refractivity contribution < 1.29 is 10.2 Å². The number of halogens is 1. The zero-order valence-corrected chi connectivity index (χ0v) is 20.3. The van der Waals surface area contributed by atoms with Gasteiger partial charge in [-0.3, -0.25) is 4.90 Å². The molecule has 0 aromatic heterocycles. The van der Waals surface area contributed by atoms with Crippen molar-refractivity contribution in [2.45, 2.75) is 64.0 Å². The lowest BCUT2D eigenvalue weighted by Gasteiger charge is -2.38. The molecule has 0 spiro atoms. The van der Waals surface area contributed by atoms with Crippen molar-refractivity contribution in [2.24, 2.45) is 5.92 Å². The number of aliphatic hydroxyl groups is 2. The Morgan fingerprint density at radius 2 is 1.59 bits per heavy atom. The van der Waals surface area contributed by atoms with Crippen LogP contribution in [0.5, 0.6) is 0 Å². The maximum atomic E-state index is 10.9. The highest BCUT2D eigenvalue weighted by molar-refractivity contribution is 5.85. The monoisotopic (exact) mass is 460 g/mol. The van der Waals surface area contributed by atoms with E-state index in [1.54, 1.807) is 0 Å². The summed E-state index contributed by atoms with van der Waals surface area (Å²) in [5.74, 6) is 0.747. The lowest BCUT2D eigenvalue weighted by molar-refractivity contribution is 0.0373. The molecule has 178 valence electrons. The van der Waals surface area contributed by atoms with Crippen molar-refractivity contribution in [1.29, 1.82) is 0 Å². The molecular weight excluding hydrogens is 420 g/mol. The third-order valence-corrected chi connectivity index (χ3v) is 6.72. The minimum absolute atomic E-state index is 0. The van der Waals surface area contributed by atoms with Gasteiger partial charge in [0.25, 0.3) is 0 Å². The molecule has 3 rings (SSSR count). The molecule has 1 saturated heterocycles. The Balaban J connectivity index is 0.00000363. The lowest BCUT2D eigenvalue weighted by atomic mass is 9.89. The quantitative estimate of drug-likeness (QED) is 0.368. The van der Waals surface area contributed by atoms with Crippen molar-refractivity contribution in [3.63, 3.8) is 0 Å². The summed E-state index contributed by atoms with van der Waals surface area (Å²) in [6.45, 7) is 5.51. The maximum Gasteiger partial charge on any atom is 0.0942 e. The van der Waals surface area contributed by atoms with Crippen LogP contribution in [-0.4, -0.2) is 47.4 Å². The van der Waals surface area contributed by atoms with E-state index >= 15 is 0 Å². The van der Waals surface area contributed by atoms with Crippen LogP contribution in [0.4, 0.5) is 5.69 Å². The molecule has 2 aromatic carbocycles. The summed E-state index contributed by atoms with van der Waals surface area (Å²) in [6, 6.07) is 19.2. The van der Waals surface area contributed by atoms with Crippen LogP contribution in [-0.2, 0) is 6.42 Å². The average Bonchev–Trinajstić information content (AvgIpc) is 2.82. The van der Waals surface area contributed by atoms with Crippen LogP contribution in [0.3, 0.4) is 0 Å². The minimum atomic E-state index is -0.460. The van der Waals surface area contributed by atoms with E-state index in [9.17, 15) is 5.11 Å². The van der Waals surface area contributed by atoms with Crippen LogP contribution in [0.15, 0.2) is 54.6 Å². The smallest absolute Gasteiger partial charge is 0.0942 e. The van der Waals surface area contributed by atoms with Crippen LogP contribution < -0.4 is 5.32 Å². The summed E-state index contributed by atoms with van der Waals surface area (Å²) in [4.78, 5) is 2.45. The molecule has 2 aromatic rings. The number of nitrogens with one attached hydrogen (secondary N) is 1. The fourth-order valence-electron chi connectivity index (χ4n) is 4.61. The number of anilines is 1. The van der Waals surface area contributed by atoms with Gasteiger partial charge in [-0.2, -0.15) is 0 Å². The number of piperidine rings is 1. The molecule has 0 unspecified atom stereocenters. The topological polar surface area (TPSA) is 55.7 Å². The highest BCUT2D eigenvalue weighted by Gasteiger charge is 2.27. The van der Waals surface area contributed by atoms with Crippen molar-refractivity contribution in [3.8, 4) is 0 Å². The Morgan fingerprint density at radius 1 is 0.938 bits per heavy atom. The standard InChI is InChI=1S/C27H40N2O2.ClH/c1-22(29-18-15-24(16-19-29)21-23-9-5-4-6-10-23)27(31)25-11-13-26(14-12-25)28-17-7-2-3-8-20-30;/h4-6,9-14,22,24,27-28,30-31H,2-3,7-8,15-21H2,1H3;1H/t22-,27+;/m1./s1. The number of unbranched alkanes of at least 4 members (excludes halogenated alkanes) is 3. The molecule has 2 atom stereocenters. The number of hydrogen-bond acceptors (Lipinski definition) is 4. The van der Waals surface area contributed by atoms with Crippen LogP contribution >= 0.6 is 12.4 Å².